The summed E-state index contributed by atoms with van der Waals surface area (Å²) in [6.07, 6.45) is 2.67. The largest absolute Gasteiger partial charge is 0.481 e. The summed E-state index contributed by atoms with van der Waals surface area (Å²) < 4.78 is 0. The molecule has 9 N–H and O–H groups in total. The summed E-state index contributed by atoms with van der Waals surface area (Å²) in [5.74, 6) is -8.94. The maximum Gasteiger partial charge on any atom is 0.326 e. The van der Waals surface area contributed by atoms with Gasteiger partial charge < -0.3 is 62.1 Å². The molecule has 23 heteroatoms. The van der Waals surface area contributed by atoms with Crippen molar-refractivity contribution in [3.63, 3.8) is 0 Å². The number of carboxylic acids is 2. The molecule has 9 amide bonds. The molecule has 0 bridgehead atoms. The Bertz CT molecular complexity index is 2600. The van der Waals surface area contributed by atoms with E-state index < -0.39 is 132 Å². The first kappa shape index (κ1) is 63.7. The number of likely N-dealkylation sites (tertiary alicyclic amines) is 3. The molecule has 0 aromatic heterocycles. The number of hydrogen-bond acceptors (Lipinski definition) is 12. The van der Waals surface area contributed by atoms with Gasteiger partial charge in [-0.1, -0.05) is 102 Å². The quantitative estimate of drug-likeness (QED) is 0.0612. The van der Waals surface area contributed by atoms with E-state index in [1.54, 1.807) is 88.4 Å². The minimum atomic E-state index is -1.48. The fraction of sp³-hybridized carbons (Fsp3) is 0.610. The molecule has 23 nitrogen and oxygen atoms in total. The summed E-state index contributed by atoms with van der Waals surface area (Å²) in [7, 11) is 0. The molecule has 0 radical (unpaired) electrons. The van der Waals surface area contributed by atoms with Crippen LogP contribution in [0.4, 0.5) is 0 Å². The zero-order valence-electron chi connectivity index (χ0n) is 48.0. The van der Waals surface area contributed by atoms with Crippen molar-refractivity contribution in [2.45, 2.75) is 185 Å². The van der Waals surface area contributed by atoms with Gasteiger partial charge in [0.25, 0.3) is 0 Å². The molecule has 2 aromatic rings. The van der Waals surface area contributed by atoms with Gasteiger partial charge in [0.15, 0.2) is 0 Å². The number of benzene rings is 2. The van der Waals surface area contributed by atoms with E-state index in [4.69, 9.17) is 0 Å². The Kier molecular flexibility index (Phi) is 23.4. The second-order valence-corrected chi connectivity index (χ2v) is 23.2. The van der Waals surface area contributed by atoms with E-state index in [-0.39, 0.29) is 82.3 Å². The van der Waals surface area contributed by atoms with Crippen LogP contribution in [0.3, 0.4) is 0 Å². The smallest absolute Gasteiger partial charge is 0.326 e. The molecule has 4 aliphatic rings. The average molecular weight is 1140 g/mol. The maximum atomic E-state index is 14.6. The van der Waals surface area contributed by atoms with E-state index >= 15 is 0 Å². The van der Waals surface area contributed by atoms with E-state index in [1.807, 2.05) is 13.8 Å². The molecule has 4 fully saturated rings. The highest BCUT2D eigenvalue weighted by atomic mass is 16.4. The normalized spacial score (nSPS) is 21.0. The number of nitrogens with zero attached hydrogens (tertiary/aromatic N) is 3. The monoisotopic (exact) mass is 1140 g/mol. The number of carbonyl (C=O) groups excluding carboxylic acids is 9. The minimum absolute atomic E-state index is 0.00230. The third-order valence-electron chi connectivity index (χ3n) is 15.8. The first-order valence-electron chi connectivity index (χ1n) is 29.0. The van der Waals surface area contributed by atoms with Crippen LogP contribution >= 0.6 is 0 Å². The zero-order valence-corrected chi connectivity index (χ0v) is 48.0. The lowest BCUT2D eigenvalue weighted by molar-refractivity contribution is -0.146. The third kappa shape index (κ3) is 17.3. The van der Waals surface area contributed by atoms with Gasteiger partial charge in [-0.25, -0.2) is 4.79 Å². The topological polar surface area (TPSA) is 322 Å². The van der Waals surface area contributed by atoms with Gasteiger partial charge in [0.2, 0.25) is 53.2 Å². The Labute approximate surface area is 479 Å². The molecule has 82 heavy (non-hydrogen) atoms. The summed E-state index contributed by atoms with van der Waals surface area (Å²) in [6.45, 7) is 11.8. The first-order chi connectivity index (χ1) is 39.0. The van der Waals surface area contributed by atoms with Crippen molar-refractivity contribution in [3.05, 3.63) is 71.8 Å². The first-order valence-corrected chi connectivity index (χ1v) is 29.0. The van der Waals surface area contributed by atoms with Gasteiger partial charge in [0.1, 0.15) is 54.4 Å². The predicted octanol–water partition coefficient (Wildman–Crippen LogP) is 1.41. The van der Waals surface area contributed by atoms with Crippen LogP contribution in [0.15, 0.2) is 60.7 Å². The van der Waals surface area contributed by atoms with E-state index in [2.05, 4.69) is 37.2 Å². The van der Waals surface area contributed by atoms with E-state index in [0.717, 1.165) is 6.42 Å². The third-order valence-corrected chi connectivity index (χ3v) is 15.8. The lowest BCUT2D eigenvalue weighted by Gasteiger charge is -2.33. The second-order valence-electron chi connectivity index (χ2n) is 23.2. The Morgan fingerprint density at radius 1 is 0.500 bits per heavy atom. The predicted molar refractivity (Wildman–Crippen MR) is 301 cm³/mol. The van der Waals surface area contributed by atoms with Crippen LogP contribution in [-0.4, -0.2) is 177 Å². The zero-order chi connectivity index (χ0) is 59.8. The molecule has 2 aromatic carbocycles. The number of carboxylic acid groups (broad SMARTS) is 2. The molecular weight excluding hydrogens is 1060 g/mol. The summed E-state index contributed by atoms with van der Waals surface area (Å²) in [6, 6.07) is 6.78. The van der Waals surface area contributed by atoms with Crippen molar-refractivity contribution in [2.75, 3.05) is 26.2 Å². The average Bonchev–Trinajstić information content (AvgIpc) is 4.50. The molecule has 4 heterocycles. The highest BCUT2D eigenvalue weighted by Crippen LogP contribution is 2.25. The van der Waals surface area contributed by atoms with Crippen molar-refractivity contribution in [1.82, 2.24) is 51.9 Å². The second kappa shape index (κ2) is 30.0. The van der Waals surface area contributed by atoms with Gasteiger partial charge in [-0.3, -0.25) is 47.9 Å². The molecule has 4 saturated heterocycles. The number of hydrogen-bond donors (Lipinski definition) is 9. The van der Waals surface area contributed by atoms with Crippen molar-refractivity contribution in [2.24, 2.45) is 17.8 Å². The lowest BCUT2D eigenvalue weighted by Crippen LogP contribution is -2.61. The van der Waals surface area contributed by atoms with Crippen LogP contribution in [0.25, 0.3) is 0 Å². The van der Waals surface area contributed by atoms with Crippen LogP contribution in [0.5, 0.6) is 0 Å². The molecule has 0 aliphatic carbocycles. The Morgan fingerprint density at radius 3 is 1.34 bits per heavy atom. The highest BCUT2D eigenvalue weighted by molar-refractivity contribution is 5.99. The van der Waals surface area contributed by atoms with Crippen molar-refractivity contribution < 1.29 is 63.0 Å². The molecule has 0 unspecified atom stereocenters. The van der Waals surface area contributed by atoms with Crippen LogP contribution < -0.4 is 37.2 Å². The number of rotatable bonds is 27. The SMILES string of the molecule is CC(C)C[C@H](NC(=O)[C@@H](NC(=O)[C@@H]1CCCN1)C(C)C)C(=O)N1CCC[C@H]1C(=O)N[C@H](C(=O)N[C@@H](CCC(=O)O)C(=O)N1CCC[C@H]1C(=O)N[C@@H](Cc1ccccc1)C(=O)N1CCC[C@H]1C(=O)N[C@@H](Cc1ccccc1)C(=O)O)C(C)C. The van der Waals surface area contributed by atoms with Gasteiger partial charge in [-0.15, -0.1) is 0 Å². The molecule has 10 atom stereocenters. The summed E-state index contributed by atoms with van der Waals surface area (Å²) in [5, 5.41) is 39.6. The van der Waals surface area contributed by atoms with Crippen LogP contribution in [-0.2, 0) is 65.6 Å². The molecule has 0 spiro atoms. The Balaban J connectivity index is 1.14. The lowest BCUT2D eigenvalue weighted by atomic mass is 9.98. The molecule has 4 aliphatic heterocycles. The van der Waals surface area contributed by atoms with Crippen LogP contribution in [0, 0.1) is 17.8 Å². The van der Waals surface area contributed by atoms with Gasteiger partial charge in [-0.05, 0) is 99.6 Å². The number of amides is 9. The van der Waals surface area contributed by atoms with Gasteiger partial charge in [-0.2, -0.15) is 0 Å². The van der Waals surface area contributed by atoms with E-state index in [9.17, 15) is 63.0 Å². The van der Waals surface area contributed by atoms with Crippen molar-refractivity contribution >= 4 is 65.1 Å². The summed E-state index contributed by atoms with van der Waals surface area (Å²) in [4.78, 5) is 156. The molecule has 448 valence electrons. The van der Waals surface area contributed by atoms with Crippen LogP contribution in [0.1, 0.15) is 123 Å². The summed E-state index contributed by atoms with van der Waals surface area (Å²) >= 11 is 0. The molecular formula is C59H84N10O13. The number of carbonyl (C=O) groups is 11. The van der Waals surface area contributed by atoms with Gasteiger partial charge in [0.05, 0.1) is 6.04 Å². The van der Waals surface area contributed by atoms with Crippen molar-refractivity contribution in [1.29, 1.82) is 0 Å². The van der Waals surface area contributed by atoms with Crippen LogP contribution in [0.2, 0.25) is 0 Å². The molecule has 6 rings (SSSR count). The highest BCUT2D eigenvalue weighted by Gasteiger charge is 2.45. The number of aliphatic carboxylic acids is 2. The summed E-state index contributed by atoms with van der Waals surface area (Å²) in [5.41, 5.74) is 1.37. The van der Waals surface area contributed by atoms with Crippen molar-refractivity contribution in [3.8, 4) is 0 Å². The fourth-order valence-electron chi connectivity index (χ4n) is 11.4. The number of nitrogens with one attached hydrogen (secondary N) is 7. The maximum absolute atomic E-state index is 14.6. The minimum Gasteiger partial charge on any atom is -0.481 e. The Morgan fingerprint density at radius 2 is 0.915 bits per heavy atom. The van der Waals surface area contributed by atoms with E-state index in [0.29, 0.717) is 43.4 Å². The van der Waals surface area contributed by atoms with E-state index in [1.165, 1.54) is 14.7 Å². The Hall–Kier alpha value is -7.43. The fourth-order valence-corrected chi connectivity index (χ4v) is 11.4. The molecule has 0 saturated carbocycles. The van der Waals surface area contributed by atoms with Gasteiger partial charge >= 0.3 is 11.9 Å². The van der Waals surface area contributed by atoms with Gasteiger partial charge in [0, 0.05) is 38.9 Å². The standard InChI is InChI=1S/C59H84N10O13/c1-34(2)31-41(63-55(77)48(35(3)4)65-50(72)39-21-13-27-60-39)57(79)69-30-16-24-46(69)53(75)66-49(36(5)6)54(76)61-40(25-26-47(70)71)56(78)67-28-14-22-44(67)51(73)62-42(32-37-17-9-7-10-18-37)58(80)68-29-15-23-45(68)52(74)64-43(59(81)82)33-38-19-11-8-12-20-38/h7-12,17-20,34-36,39-46,48-49,60H,13-16,21-33H2,1-6H3,(H,61,76)(H,62,73)(H,63,77)(H,64,74)(H,65,72)(H,66,75)(H,70,71)(H,81,82)/t39-,40-,41-,42-,43-,44-,45-,46-,48-,49-/m0/s1.